The lowest BCUT2D eigenvalue weighted by Crippen LogP contribution is -2.42. The van der Waals surface area contributed by atoms with Crippen molar-refractivity contribution in [3.05, 3.63) is 22.7 Å². The van der Waals surface area contributed by atoms with Crippen LogP contribution in [0.25, 0.3) is 0 Å². The molecule has 9 heteroatoms. The van der Waals surface area contributed by atoms with Crippen molar-refractivity contribution in [3.8, 4) is 0 Å². The molecule has 0 amide bonds. The van der Waals surface area contributed by atoms with Crippen molar-refractivity contribution in [2.45, 2.75) is 30.6 Å². The van der Waals surface area contributed by atoms with Crippen molar-refractivity contribution in [2.75, 3.05) is 26.6 Å². The highest BCUT2D eigenvalue weighted by molar-refractivity contribution is 5.24. The van der Waals surface area contributed by atoms with Crippen LogP contribution in [0.4, 0.5) is 5.82 Å². The van der Waals surface area contributed by atoms with Crippen LogP contribution in [0.15, 0.2) is 17.1 Å². The number of hydrogen-bond donors (Lipinski definition) is 3. The van der Waals surface area contributed by atoms with Crippen LogP contribution in [0.2, 0.25) is 0 Å². The van der Waals surface area contributed by atoms with Gasteiger partial charge in [0.15, 0.2) is 6.29 Å². The van der Waals surface area contributed by atoms with Crippen LogP contribution in [-0.4, -0.2) is 65.2 Å². The van der Waals surface area contributed by atoms with Gasteiger partial charge >= 0.3 is 5.69 Å². The molecule has 0 aromatic carbocycles. The number of nitrogens with zero attached hydrogens (tertiary/aromatic N) is 2. The zero-order valence-electron chi connectivity index (χ0n) is 11.7. The summed E-state index contributed by atoms with van der Waals surface area (Å²) >= 11 is 0. The lowest BCUT2D eigenvalue weighted by atomic mass is 10.0. The number of rotatable bonds is 5. The molecular formula is C12H19N3O6. The molecule has 0 radical (unpaired) electrons. The Bertz CT molecular complexity index is 532. The average molecular weight is 301 g/mol. The fraction of sp³-hybridized carbons (Fsp3) is 0.667. The normalized spacial score (nSPS) is 29.2. The summed E-state index contributed by atoms with van der Waals surface area (Å²) < 4.78 is 16.9. The molecule has 0 aliphatic carbocycles. The number of anilines is 1. The van der Waals surface area contributed by atoms with Crippen LogP contribution in [-0.2, 0) is 14.2 Å². The van der Waals surface area contributed by atoms with Crippen molar-refractivity contribution in [1.29, 1.82) is 0 Å². The SMILES string of the molecule is COC(OC)C1OC(CO)C(n2ccc(N)nc2=O)C1O. The minimum atomic E-state index is -1.12. The number of ether oxygens (including phenoxy) is 3. The van der Waals surface area contributed by atoms with Gasteiger partial charge in [-0.1, -0.05) is 0 Å². The number of aliphatic hydroxyl groups is 2. The molecule has 0 saturated carbocycles. The van der Waals surface area contributed by atoms with Crippen molar-refractivity contribution < 1.29 is 24.4 Å². The Balaban J connectivity index is 2.35. The highest BCUT2D eigenvalue weighted by Gasteiger charge is 2.48. The summed E-state index contributed by atoms with van der Waals surface area (Å²) in [6.45, 7) is -0.380. The first kappa shape index (κ1) is 15.9. The summed E-state index contributed by atoms with van der Waals surface area (Å²) in [6, 6.07) is 0.619. The Morgan fingerprint density at radius 3 is 2.71 bits per heavy atom. The van der Waals surface area contributed by atoms with E-state index in [9.17, 15) is 15.0 Å². The lowest BCUT2D eigenvalue weighted by molar-refractivity contribution is -0.193. The molecule has 4 unspecified atom stereocenters. The summed E-state index contributed by atoms with van der Waals surface area (Å²) in [5.41, 5.74) is 4.81. The summed E-state index contributed by atoms with van der Waals surface area (Å²) in [4.78, 5) is 15.5. The van der Waals surface area contributed by atoms with E-state index in [-0.39, 0.29) is 12.4 Å². The number of aromatic nitrogens is 2. The van der Waals surface area contributed by atoms with E-state index >= 15 is 0 Å². The van der Waals surface area contributed by atoms with E-state index in [1.165, 1.54) is 31.0 Å². The third-order valence-corrected chi connectivity index (χ3v) is 3.48. The molecule has 0 bridgehead atoms. The van der Waals surface area contributed by atoms with Gasteiger partial charge in [0.25, 0.3) is 0 Å². The van der Waals surface area contributed by atoms with Crippen LogP contribution in [0.3, 0.4) is 0 Å². The maximum atomic E-state index is 11.9. The minimum absolute atomic E-state index is 0.0772. The molecule has 21 heavy (non-hydrogen) atoms. The van der Waals surface area contributed by atoms with Crippen LogP contribution < -0.4 is 11.4 Å². The van der Waals surface area contributed by atoms with Crippen molar-refractivity contribution in [1.82, 2.24) is 9.55 Å². The molecule has 1 aliphatic heterocycles. The van der Waals surface area contributed by atoms with E-state index in [1.54, 1.807) is 0 Å². The summed E-state index contributed by atoms with van der Waals surface area (Å²) in [5, 5.41) is 19.8. The van der Waals surface area contributed by atoms with Gasteiger partial charge in [-0.3, -0.25) is 4.57 Å². The summed E-state index contributed by atoms with van der Waals surface area (Å²) in [6.07, 6.45) is -2.17. The Morgan fingerprint density at radius 1 is 1.52 bits per heavy atom. The van der Waals surface area contributed by atoms with Crippen LogP contribution >= 0.6 is 0 Å². The van der Waals surface area contributed by atoms with Crippen molar-refractivity contribution >= 4 is 5.82 Å². The minimum Gasteiger partial charge on any atom is -0.394 e. The van der Waals surface area contributed by atoms with E-state index in [1.807, 2.05) is 0 Å². The molecular weight excluding hydrogens is 282 g/mol. The molecule has 2 rings (SSSR count). The molecule has 9 nitrogen and oxygen atoms in total. The maximum absolute atomic E-state index is 11.9. The maximum Gasteiger partial charge on any atom is 0.349 e. The number of hydrogen-bond acceptors (Lipinski definition) is 8. The number of nitrogens with two attached hydrogens (primary N) is 1. The first-order chi connectivity index (χ1) is 10.0. The molecule has 0 spiro atoms. The summed E-state index contributed by atoms with van der Waals surface area (Å²) in [5.74, 6) is 0.0772. The molecule has 4 N–H and O–H groups in total. The molecule has 4 atom stereocenters. The van der Waals surface area contributed by atoms with Gasteiger partial charge in [-0.05, 0) is 6.07 Å². The molecule has 1 aliphatic rings. The van der Waals surface area contributed by atoms with Crippen LogP contribution in [0.1, 0.15) is 6.04 Å². The van der Waals surface area contributed by atoms with Gasteiger partial charge in [0.1, 0.15) is 24.1 Å². The number of methoxy groups -OCH3 is 2. The van der Waals surface area contributed by atoms with Gasteiger partial charge in [-0.25, -0.2) is 4.79 Å². The first-order valence-corrected chi connectivity index (χ1v) is 6.38. The standard InChI is InChI=1S/C12H19N3O6/c1-19-11(20-2)10-9(17)8(6(5-16)21-10)15-4-3-7(13)14-12(15)18/h3-4,6,8-11,16-17H,5H2,1-2H3,(H2,13,14,18). The van der Waals surface area contributed by atoms with Gasteiger partial charge in [-0.15, -0.1) is 0 Å². The number of aliphatic hydroxyl groups excluding tert-OH is 2. The topological polar surface area (TPSA) is 129 Å². The van der Waals surface area contributed by atoms with Crippen molar-refractivity contribution in [3.63, 3.8) is 0 Å². The fourth-order valence-corrected chi connectivity index (χ4v) is 2.51. The number of nitrogen functional groups attached to an aromatic ring is 1. The second kappa shape index (κ2) is 6.50. The quantitative estimate of drug-likeness (QED) is 0.538. The largest absolute Gasteiger partial charge is 0.394 e. The van der Waals surface area contributed by atoms with Crippen LogP contribution in [0.5, 0.6) is 0 Å². The highest BCUT2D eigenvalue weighted by atomic mass is 16.7. The predicted molar refractivity (Wildman–Crippen MR) is 71.5 cm³/mol. The Hall–Kier alpha value is -1.52. The molecule has 1 fully saturated rings. The van der Waals surface area contributed by atoms with E-state index in [2.05, 4.69) is 4.98 Å². The molecule has 1 saturated heterocycles. The van der Waals surface area contributed by atoms with E-state index in [0.29, 0.717) is 0 Å². The second-order valence-electron chi connectivity index (χ2n) is 4.68. The van der Waals surface area contributed by atoms with Gasteiger partial charge in [0.2, 0.25) is 0 Å². The molecule has 118 valence electrons. The van der Waals surface area contributed by atoms with E-state index in [0.717, 1.165) is 0 Å². The summed E-state index contributed by atoms with van der Waals surface area (Å²) in [7, 11) is 2.81. The third kappa shape index (κ3) is 2.92. The van der Waals surface area contributed by atoms with Gasteiger partial charge in [0.05, 0.1) is 12.6 Å². The van der Waals surface area contributed by atoms with Gasteiger partial charge in [-0.2, -0.15) is 4.98 Å². The monoisotopic (exact) mass is 301 g/mol. The molecule has 1 aromatic heterocycles. The average Bonchev–Trinajstić information content (AvgIpc) is 2.78. The molecule has 1 aromatic rings. The van der Waals surface area contributed by atoms with Crippen LogP contribution in [0, 0.1) is 0 Å². The lowest BCUT2D eigenvalue weighted by Gasteiger charge is -2.24. The third-order valence-electron chi connectivity index (χ3n) is 3.48. The predicted octanol–water partition coefficient (Wildman–Crippen LogP) is -1.89. The zero-order chi connectivity index (χ0) is 15.6. The Labute approximate surface area is 120 Å². The second-order valence-corrected chi connectivity index (χ2v) is 4.68. The first-order valence-electron chi connectivity index (χ1n) is 6.38. The Kier molecular flexibility index (Phi) is 4.91. The Morgan fingerprint density at radius 2 is 2.19 bits per heavy atom. The van der Waals surface area contributed by atoms with E-state index < -0.39 is 36.3 Å². The zero-order valence-corrected chi connectivity index (χ0v) is 11.7. The molecule has 2 heterocycles. The van der Waals surface area contributed by atoms with Gasteiger partial charge in [0, 0.05) is 20.4 Å². The fourth-order valence-electron chi connectivity index (χ4n) is 2.51. The highest BCUT2D eigenvalue weighted by Crippen LogP contribution is 2.32. The van der Waals surface area contributed by atoms with Crippen molar-refractivity contribution in [2.24, 2.45) is 0 Å². The van der Waals surface area contributed by atoms with Gasteiger partial charge < -0.3 is 30.2 Å². The van der Waals surface area contributed by atoms with E-state index in [4.69, 9.17) is 19.9 Å². The smallest absolute Gasteiger partial charge is 0.349 e.